The lowest BCUT2D eigenvalue weighted by Gasteiger charge is -2.27. The molecule has 2 aromatic carbocycles. The maximum Gasteiger partial charge on any atom is 0.251 e. The van der Waals surface area contributed by atoms with E-state index in [0.717, 1.165) is 18.7 Å². The molecule has 0 aromatic heterocycles. The van der Waals surface area contributed by atoms with Crippen LogP contribution in [0.3, 0.4) is 0 Å². The molecule has 0 saturated carbocycles. The maximum atomic E-state index is 12.4. The van der Waals surface area contributed by atoms with Crippen molar-refractivity contribution in [2.75, 3.05) is 33.4 Å². The lowest BCUT2D eigenvalue weighted by molar-refractivity contribution is 0.0949. The van der Waals surface area contributed by atoms with Gasteiger partial charge in [-0.05, 0) is 48.4 Å². The number of fused-ring (bicyclic) bond motifs is 1. The summed E-state index contributed by atoms with van der Waals surface area (Å²) in [6.07, 6.45) is 1.03. The van der Waals surface area contributed by atoms with Crippen molar-refractivity contribution < 1.29 is 14.3 Å². The van der Waals surface area contributed by atoms with Gasteiger partial charge in [-0.1, -0.05) is 24.3 Å². The molecule has 5 nitrogen and oxygen atoms in total. The summed E-state index contributed by atoms with van der Waals surface area (Å²) in [4.78, 5) is 12.4. The third kappa shape index (κ3) is 5.21. The van der Waals surface area contributed by atoms with Crippen LogP contribution in [0.4, 0.5) is 0 Å². The molecule has 1 heterocycles. The van der Waals surface area contributed by atoms with E-state index in [9.17, 15) is 4.79 Å². The highest BCUT2D eigenvalue weighted by Gasteiger charge is 2.19. The highest BCUT2D eigenvalue weighted by Crippen LogP contribution is 2.22. The lowest BCUT2D eigenvalue weighted by Crippen LogP contribution is -2.38. The molecule has 1 aliphatic rings. The third-order valence-electron chi connectivity index (χ3n) is 4.36. The fraction of sp³-hybridized carbons (Fsp3) is 0.350. The summed E-state index contributed by atoms with van der Waals surface area (Å²) in [5.74, 6) is 0.657. The molecule has 0 spiro atoms. The van der Waals surface area contributed by atoms with Gasteiger partial charge < -0.3 is 20.1 Å². The summed E-state index contributed by atoms with van der Waals surface area (Å²) >= 11 is 0. The van der Waals surface area contributed by atoms with E-state index in [0.29, 0.717) is 25.3 Å². The van der Waals surface area contributed by atoms with Crippen LogP contribution in [0.15, 0.2) is 48.5 Å². The molecule has 3 rings (SSSR count). The molecule has 26 heavy (non-hydrogen) atoms. The predicted molar refractivity (Wildman–Crippen MR) is 104 cm³/mol. The van der Waals surface area contributed by atoms with Crippen molar-refractivity contribution in [2.24, 2.45) is 0 Å². The van der Waals surface area contributed by atoms with Crippen molar-refractivity contribution in [2.45, 2.75) is 12.5 Å². The summed E-state index contributed by atoms with van der Waals surface area (Å²) in [5, 5.41) is 6.49. The number of ether oxygens (including phenoxy) is 2. The summed E-state index contributed by atoms with van der Waals surface area (Å²) in [5.41, 5.74) is 3.26. The Morgan fingerprint density at radius 1 is 1.15 bits per heavy atom. The Labute approximate surface area is 160 Å². The Balaban J connectivity index is 0.00000243. The molecule has 0 fully saturated rings. The topological polar surface area (TPSA) is 59.6 Å². The number of halogens is 1. The molecule has 1 aliphatic heterocycles. The largest absolute Gasteiger partial charge is 0.491 e. The first-order chi connectivity index (χ1) is 12.3. The summed E-state index contributed by atoms with van der Waals surface area (Å²) in [6, 6.07) is 15.7. The first-order valence-electron chi connectivity index (χ1n) is 8.59. The zero-order valence-electron chi connectivity index (χ0n) is 14.9. The molecule has 0 saturated heterocycles. The Morgan fingerprint density at radius 3 is 2.69 bits per heavy atom. The summed E-state index contributed by atoms with van der Waals surface area (Å²) in [7, 11) is 1.64. The SMILES string of the molecule is COCCOc1ccc(C(=O)NCC2NCCc3ccccc32)cc1.Cl. The molecule has 2 aromatic rings. The molecule has 0 radical (unpaired) electrons. The van der Waals surface area contributed by atoms with Gasteiger partial charge in [0.1, 0.15) is 12.4 Å². The van der Waals surface area contributed by atoms with Crippen LogP contribution in [-0.2, 0) is 11.2 Å². The normalized spacial score (nSPS) is 15.5. The minimum Gasteiger partial charge on any atom is -0.491 e. The van der Waals surface area contributed by atoms with Gasteiger partial charge in [-0.15, -0.1) is 12.4 Å². The second-order valence-corrected chi connectivity index (χ2v) is 6.03. The van der Waals surface area contributed by atoms with Gasteiger partial charge >= 0.3 is 0 Å². The van der Waals surface area contributed by atoms with E-state index in [1.54, 1.807) is 31.4 Å². The average molecular weight is 377 g/mol. The van der Waals surface area contributed by atoms with Crippen molar-refractivity contribution in [3.05, 3.63) is 65.2 Å². The van der Waals surface area contributed by atoms with Gasteiger partial charge in [-0.3, -0.25) is 4.79 Å². The van der Waals surface area contributed by atoms with E-state index in [-0.39, 0.29) is 24.4 Å². The molecule has 1 atom stereocenters. The number of carbonyl (C=O) groups is 1. The fourth-order valence-corrected chi connectivity index (χ4v) is 3.02. The average Bonchev–Trinajstić information content (AvgIpc) is 2.67. The van der Waals surface area contributed by atoms with Crippen LogP contribution in [-0.4, -0.2) is 39.3 Å². The van der Waals surface area contributed by atoms with Crippen LogP contribution in [0.1, 0.15) is 27.5 Å². The van der Waals surface area contributed by atoms with E-state index >= 15 is 0 Å². The zero-order chi connectivity index (χ0) is 17.5. The van der Waals surface area contributed by atoms with Crippen molar-refractivity contribution in [1.29, 1.82) is 0 Å². The Hall–Kier alpha value is -2.08. The van der Waals surface area contributed by atoms with Gasteiger partial charge in [-0.2, -0.15) is 0 Å². The third-order valence-corrected chi connectivity index (χ3v) is 4.36. The van der Waals surface area contributed by atoms with E-state index in [1.165, 1.54) is 11.1 Å². The molecular weight excluding hydrogens is 352 g/mol. The number of rotatable bonds is 7. The standard InChI is InChI=1S/C20H24N2O3.ClH/c1-24-12-13-25-17-8-6-16(7-9-17)20(23)22-14-19-18-5-3-2-4-15(18)10-11-21-19;/h2-9,19,21H,10-14H2,1H3,(H,22,23);1H. The molecular formula is C20H25ClN2O3. The molecule has 140 valence electrons. The summed E-state index contributed by atoms with van der Waals surface area (Å²) in [6.45, 7) is 2.54. The molecule has 6 heteroatoms. The molecule has 1 unspecified atom stereocenters. The van der Waals surface area contributed by atoms with Crippen molar-refractivity contribution in [1.82, 2.24) is 10.6 Å². The number of methoxy groups -OCH3 is 1. The first-order valence-corrected chi connectivity index (χ1v) is 8.59. The molecule has 2 N–H and O–H groups in total. The number of amides is 1. The van der Waals surface area contributed by atoms with E-state index in [2.05, 4.69) is 28.8 Å². The van der Waals surface area contributed by atoms with E-state index in [4.69, 9.17) is 9.47 Å². The van der Waals surface area contributed by atoms with Crippen molar-refractivity contribution in [3.8, 4) is 5.75 Å². The van der Waals surface area contributed by atoms with Crippen LogP contribution in [0.2, 0.25) is 0 Å². The monoisotopic (exact) mass is 376 g/mol. The number of nitrogens with one attached hydrogen (secondary N) is 2. The van der Waals surface area contributed by atoms with Gasteiger partial charge in [0.05, 0.1) is 6.61 Å². The first kappa shape index (κ1) is 20.2. The van der Waals surface area contributed by atoms with Crippen molar-refractivity contribution in [3.63, 3.8) is 0 Å². The highest BCUT2D eigenvalue weighted by atomic mass is 35.5. The zero-order valence-corrected chi connectivity index (χ0v) is 15.7. The van der Waals surface area contributed by atoms with Crippen LogP contribution < -0.4 is 15.4 Å². The lowest BCUT2D eigenvalue weighted by atomic mass is 9.94. The molecule has 0 aliphatic carbocycles. The number of hydrogen-bond donors (Lipinski definition) is 2. The highest BCUT2D eigenvalue weighted by molar-refractivity contribution is 5.94. The van der Waals surface area contributed by atoms with Crippen LogP contribution in [0, 0.1) is 0 Å². The Kier molecular flexibility index (Phi) is 7.91. The number of hydrogen-bond acceptors (Lipinski definition) is 4. The Morgan fingerprint density at radius 2 is 1.92 bits per heavy atom. The predicted octanol–water partition coefficient (Wildman–Crippen LogP) is 2.75. The van der Waals surface area contributed by atoms with Crippen LogP contribution in [0.25, 0.3) is 0 Å². The van der Waals surface area contributed by atoms with Crippen LogP contribution >= 0.6 is 12.4 Å². The molecule has 1 amide bonds. The minimum atomic E-state index is -0.0757. The van der Waals surface area contributed by atoms with Gasteiger partial charge in [0.15, 0.2) is 0 Å². The quantitative estimate of drug-likeness (QED) is 0.729. The number of benzene rings is 2. The second kappa shape index (κ2) is 10.2. The van der Waals surface area contributed by atoms with E-state index < -0.39 is 0 Å². The minimum absolute atomic E-state index is 0. The van der Waals surface area contributed by atoms with Gasteiger partial charge in [0, 0.05) is 25.3 Å². The van der Waals surface area contributed by atoms with Gasteiger partial charge in [0.2, 0.25) is 0 Å². The van der Waals surface area contributed by atoms with Crippen molar-refractivity contribution >= 4 is 18.3 Å². The molecule has 0 bridgehead atoms. The van der Waals surface area contributed by atoms with Gasteiger partial charge in [-0.25, -0.2) is 0 Å². The van der Waals surface area contributed by atoms with Gasteiger partial charge in [0.25, 0.3) is 5.91 Å². The number of carbonyl (C=O) groups excluding carboxylic acids is 1. The Bertz CT molecular complexity index is 706. The maximum absolute atomic E-state index is 12.4. The fourth-order valence-electron chi connectivity index (χ4n) is 3.02. The smallest absolute Gasteiger partial charge is 0.251 e. The second-order valence-electron chi connectivity index (χ2n) is 6.03. The van der Waals surface area contributed by atoms with E-state index in [1.807, 2.05) is 6.07 Å². The van der Waals surface area contributed by atoms with Crippen LogP contribution in [0.5, 0.6) is 5.75 Å². The summed E-state index contributed by atoms with van der Waals surface area (Å²) < 4.78 is 10.5.